The summed E-state index contributed by atoms with van der Waals surface area (Å²) in [6.45, 7) is 5.62. The molecule has 0 bridgehead atoms. The summed E-state index contributed by atoms with van der Waals surface area (Å²) in [5.41, 5.74) is 2.88. The van der Waals surface area contributed by atoms with Crippen molar-refractivity contribution < 1.29 is 4.74 Å². The molecule has 0 amide bonds. The predicted molar refractivity (Wildman–Crippen MR) is 96.4 cm³/mol. The number of benzene rings is 2. The standard InChI is InChI=1S/C17H17Cl2N3O/c1-10-4-3-5-15(11(10)2)23-12-8-13(18)16(14(19)9-12)22-17-20-6-7-21-17/h3-5,8-9H,6-7H2,1-2H3,(H2,20,21,22). The van der Waals surface area contributed by atoms with Gasteiger partial charge in [-0.3, -0.25) is 4.99 Å². The van der Waals surface area contributed by atoms with Crippen LogP contribution in [0.1, 0.15) is 11.1 Å². The molecule has 0 atom stereocenters. The van der Waals surface area contributed by atoms with Crippen LogP contribution in [-0.2, 0) is 0 Å². The third kappa shape index (κ3) is 3.54. The van der Waals surface area contributed by atoms with E-state index in [4.69, 9.17) is 27.9 Å². The number of guanidine groups is 1. The molecular formula is C17H17Cl2N3O. The molecule has 0 saturated carbocycles. The number of halogens is 2. The van der Waals surface area contributed by atoms with Gasteiger partial charge in [-0.1, -0.05) is 35.3 Å². The molecule has 1 heterocycles. The second-order valence-corrected chi connectivity index (χ2v) is 6.16. The van der Waals surface area contributed by atoms with Crippen molar-refractivity contribution in [1.82, 2.24) is 5.32 Å². The van der Waals surface area contributed by atoms with Crippen LogP contribution in [0.15, 0.2) is 35.3 Å². The Balaban J connectivity index is 1.85. The van der Waals surface area contributed by atoms with Gasteiger partial charge in [0.1, 0.15) is 11.5 Å². The summed E-state index contributed by atoms with van der Waals surface area (Å²) >= 11 is 12.7. The van der Waals surface area contributed by atoms with Crippen molar-refractivity contribution in [3.63, 3.8) is 0 Å². The number of rotatable bonds is 3. The van der Waals surface area contributed by atoms with Gasteiger partial charge in [0.2, 0.25) is 0 Å². The largest absolute Gasteiger partial charge is 0.457 e. The summed E-state index contributed by atoms with van der Waals surface area (Å²) in [5, 5.41) is 7.19. The van der Waals surface area contributed by atoms with Gasteiger partial charge in [0.15, 0.2) is 5.96 Å². The summed E-state index contributed by atoms with van der Waals surface area (Å²) in [7, 11) is 0. The molecule has 3 rings (SSSR count). The van der Waals surface area contributed by atoms with Crippen LogP contribution in [-0.4, -0.2) is 19.0 Å². The minimum absolute atomic E-state index is 0.481. The first-order chi connectivity index (χ1) is 11.0. The zero-order valence-electron chi connectivity index (χ0n) is 12.9. The number of aliphatic imine (C=N–C) groups is 1. The van der Waals surface area contributed by atoms with Crippen molar-refractivity contribution in [2.75, 3.05) is 18.4 Å². The van der Waals surface area contributed by atoms with E-state index in [9.17, 15) is 0 Å². The minimum Gasteiger partial charge on any atom is -0.457 e. The monoisotopic (exact) mass is 349 g/mol. The van der Waals surface area contributed by atoms with Crippen molar-refractivity contribution >= 4 is 34.8 Å². The smallest absolute Gasteiger partial charge is 0.196 e. The van der Waals surface area contributed by atoms with E-state index in [0.717, 1.165) is 24.4 Å². The van der Waals surface area contributed by atoms with Gasteiger partial charge in [-0.15, -0.1) is 0 Å². The third-order valence-corrected chi connectivity index (χ3v) is 4.31. The summed E-state index contributed by atoms with van der Waals surface area (Å²) in [4.78, 5) is 4.27. The molecule has 1 aliphatic heterocycles. The lowest BCUT2D eigenvalue weighted by Crippen LogP contribution is -2.26. The van der Waals surface area contributed by atoms with E-state index in [1.807, 2.05) is 32.0 Å². The number of nitrogens with zero attached hydrogens (tertiary/aromatic N) is 1. The van der Waals surface area contributed by atoms with Crippen LogP contribution in [0.2, 0.25) is 10.0 Å². The van der Waals surface area contributed by atoms with Crippen molar-refractivity contribution in [2.45, 2.75) is 13.8 Å². The van der Waals surface area contributed by atoms with Gasteiger partial charge in [0.25, 0.3) is 0 Å². The molecule has 0 unspecified atom stereocenters. The van der Waals surface area contributed by atoms with Gasteiger partial charge in [0.05, 0.1) is 22.3 Å². The van der Waals surface area contributed by atoms with Crippen LogP contribution < -0.4 is 15.4 Å². The first kappa shape index (κ1) is 16.0. The van der Waals surface area contributed by atoms with E-state index in [0.29, 0.717) is 27.4 Å². The van der Waals surface area contributed by atoms with Gasteiger partial charge in [-0.2, -0.15) is 0 Å². The maximum absolute atomic E-state index is 6.34. The molecule has 0 saturated heterocycles. The van der Waals surface area contributed by atoms with Crippen molar-refractivity contribution in [3.05, 3.63) is 51.5 Å². The molecule has 2 N–H and O–H groups in total. The molecule has 23 heavy (non-hydrogen) atoms. The van der Waals surface area contributed by atoms with E-state index in [1.165, 1.54) is 5.56 Å². The Kier molecular flexibility index (Phi) is 4.64. The van der Waals surface area contributed by atoms with Gasteiger partial charge in [-0.25, -0.2) is 0 Å². The fraction of sp³-hybridized carbons (Fsp3) is 0.235. The molecule has 4 nitrogen and oxygen atoms in total. The highest BCUT2D eigenvalue weighted by Crippen LogP contribution is 2.37. The Hall–Kier alpha value is -1.91. The van der Waals surface area contributed by atoms with E-state index < -0.39 is 0 Å². The van der Waals surface area contributed by atoms with Crippen LogP contribution in [0.4, 0.5) is 5.69 Å². The zero-order chi connectivity index (χ0) is 16.4. The first-order valence-corrected chi connectivity index (χ1v) is 8.08. The SMILES string of the molecule is Cc1cccc(Oc2cc(Cl)c(NC3=NCCN3)c(Cl)c2)c1C. The molecular weight excluding hydrogens is 333 g/mol. The average Bonchev–Trinajstić information content (AvgIpc) is 3.01. The van der Waals surface area contributed by atoms with E-state index in [1.54, 1.807) is 12.1 Å². The molecule has 6 heteroatoms. The Morgan fingerprint density at radius 2 is 1.91 bits per heavy atom. The summed E-state index contributed by atoms with van der Waals surface area (Å²) in [6, 6.07) is 9.42. The minimum atomic E-state index is 0.481. The second-order valence-electron chi connectivity index (χ2n) is 5.34. The number of anilines is 1. The number of aryl methyl sites for hydroxylation is 1. The molecule has 1 aliphatic rings. The van der Waals surface area contributed by atoms with Crippen molar-refractivity contribution in [2.24, 2.45) is 4.99 Å². The van der Waals surface area contributed by atoms with Gasteiger partial charge >= 0.3 is 0 Å². The lowest BCUT2D eigenvalue weighted by Gasteiger charge is -2.14. The second kappa shape index (κ2) is 6.69. The van der Waals surface area contributed by atoms with Crippen LogP contribution in [0.5, 0.6) is 11.5 Å². The topological polar surface area (TPSA) is 45.6 Å². The van der Waals surface area contributed by atoms with Gasteiger partial charge < -0.3 is 15.4 Å². The number of nitrogens with one attached hydrogen (secondary N) is 2. The fourth-order valence-corrected chi connectivity index (χ4v) is 2.85. The van der Waals surface area contributed by atoms with Crippen molar-refractivity contribution in [3.8, 4) is 11.5 Å². The fourth-order valence-electron chi connectivity index (χ4n) is 2.29. The van der Waals surface area contributed by atoms with Gasteiger partial charge in [0, 0.05) is 18.7 Å². The molecule has 2 aromatic carbocycles. The van der Waals surface area contributed by atoms with Crippen LogP contribution in [0.3, 0.4) is 0 Å². The normalized spacial score (nSPS) is 13.5. The highest BCUT2D eigenvalue weighted by atomic mass is 35.5. The van der Waals surface area contributed by atoms with E-state index >= 15 is 0 Å². The van der Waals surface area contributed by atoms with Gasteiger partial charge in [-0.05, 0) is 31.0 Å². The van der Waals surface area contributed by atoms with Crippen LogP contribution in [0, 0.1) is 13.8 Å². The molecule has 0 aromatic heterocycles. The average molecular weight is 350 g/mol. The lowest BCUT2D eigenvalue weighted by molar-refractivity contribution is 0.478. The number of hydrogen-bond donors (Lipinski definition) is 2. The molecule has 0 radical (unpaired) electrons. The Morgan fingerprint density at radius 1 is 1.17 bits per heavy atom. The Morgan fingerprint density at radius 3 is 2.57 bits per heavy atom. The molecule has 0 spiro atoms. The predicted octanol–water partition coefficient (Wildman–Crippen LogP) is 4.77. The summed E-state index contributed by atoms with van der Waals surface area (Å²) in [5.74, 6) is 2.07. The molecule has 2 aromatic rings. The van der Waals surface area contributed by atoms with Crippen molar-refractivity contribution in [1.29, 1.82) is 0 Å². The van der Waals surface area contributed by atoms with E-state index in [2.05, 4.69) is 15.6 Å². The molecule has 0 fully saturated rings. The maximum Gasteiger partial charge on any atom is 0.196 e. The summed E-state index contributed by atoms with van der Waals surface area (Å²) < 4.78 is 5.93. The lowest BCUT2D eigenvalue weighted by atomic mass is 10.1. The van der Waals surface area contributed by atoms with Crippen LogP contribution >= 0.6 is 23.2 Å². The van der Waals surface area contributed by atoms with E-state index in [-0.39, 0.29) is 0 Å². The molecule has 0 aliphatic carbocycles. The quantitative estimate of drug-likeness (QED) is 0.838. The Labute approximate surface area is 145 Å². The van der Waals surface area contributed by atoms with Crippen LogP contribution in [0.25, 0.3) is 0 Å². The number of ether oxygens (including phenoxy) is 1. The highest BCUT2D eigenvalue weighted by molar-refractivity contribution is 6.40. The number of hydrogen-bond acceptors (Lipinski definition) is 4. The first-order valence-electron chi connectivity index (χ1n) is 7.33. The Bertz CT molecular complexity index is 751. The zero-order valence-corrected chi connectivity index (χ0v) is 14.4. The third-order valence-electron chi connectivity index (χ3n) is 3.72. The summed E-state index contributed by atoms with van der Waals surface area (Å²) in [6.07, 6.45) is 0. The highest BCUT2D eigenvalue weighted by Gasteiger charge is 2.14. The molecule has 120 valence electrons. The maximum atomic E-state index is 6.34.